The topological polar surface area (TPSA) is 79.6 Å². The van der Waals surface area contributed by atoms with E-state index in [1.54, 1.807) is 19.2 Å². The molecule has 1 N–H and O–H groups in total. The van der Waals surface area contributed by atoms with Gasteiger partial charge in [0.15, 0.2) is 17.5 Å². The highest BCUT2D eigenvalue weighted by molar-refractivity contribution is 6.29. The minimum Gasteiger partial charge on any atom is -0.480 e. The molecule has 1 saturated carbocycles. The number of carbonyl (C=O) groups is 2. The lowest BCUT2D eigenvalue weighted by atomic mass is 9.82. The molecule has 1 aliphatic heterocycles. The molecule has 20 heavy (non-hydrogen) atoms. The number of halogens is 1. The first-order valence-electron chi connectivity index (χ1n) is 6.26. The van der Waals surface area contributed by atoms with Gasteiger partial charge >= 0.3 is 5.97 Å². The van der Waals surface area contributed by atoms with E-state index in [-0.39, 0.29) is 23.6 Å². The second-order valence-corrected chi connectivity index (χ2v) is 5.52. The van der Waals surface area contributed by atoms with Crippen LogP contribution in [0.5, 0.6) is 0 Å². The van der Waals surface area contributed by atoms with Crippen LogP contribution in [0.2, 0.25) is 0 Å². The molecule has 1 aromatic heterocycles. The third kappa shape index (κ3) is 2.02. The number of ketones is 1. The molecule has 1 atom stereocenters. The monoisotopic (exact) mass is 294 g/mol. The Bertz CT molecular complexity index is 635. The minimum absolute atomic E-state index is 0. The predicted octanol–water partition coefficient (Wildman–Crippen LogP) is 2.58. The summed E-state index contributed by atoms with van der Waals surface area (Å²) in [4.78, 5) is 32.4. The number of carboxylic acid groups (broad SMARTS) is 1. The molecule has 0 bridgehead atoms. The fourth-order valence-corrected chi connectivity index (χ4v) is 2.54. The van der Waals surface area contributed by atoms with Gasteiger partial charge in [-0.25, -0.2) is 9.98 Å². The van der Waals surface area contributed by atoms with Gasteiger partial charge in [0.1, 0.15) is 0 Å². The molecule has 5 nitrogen and oxygen atoms in total. The van der Waals surface area contributed by atoms with Crippen LogP contribution in [0, 0.1) is 18.3 Å². The number of rotatable bonds is 2. The molecule has 2 heterocycles. The van der Waals surface area contributed by atoms with E-state index in [4.69, 9.17) is 0 Å². The Labute approximate surface area is 122 Å². The summed E-state index contributed by atoms with van der Waals surface area (Å²) in [5.74, 6) is -2.29. The summed E-state index contributed by atoms with van der Waals surface area (Å²) in [5.41, 5.74) is 1.30. The van der Waals surface area contributed by atoms with E-state index in [1.807, 2.05) is 6.92 Å². The summed E-state index contributed by atoms with van der Waals surface area (Å²) in [6.07, 6.45) is 3.35. The SMILES string of the molecule is Cc1ccnc2c1C(=O)C(C(=O)O)C(C1(C)CC1)=N2.Cl. The van der Waals surface area contributed by atoms with Gasteiger partial charge < -0.3 is 5.11 Å². The van der Waals surface area contributed by atoms with Crippen LogP contribution < -0.4 is 0 Å². The van der Waals surface area contributed by atoms with Gasteiger partial charge in [0, 0.05) is 17.3 Å². The van der Waals surface area contributed by atoms with Crippen LogP contribution in [0.15, 0.2) is 17.3 Å². The lowest BCUT2D eigenvalue weighted by Crippen LogP contribution is -2.38. The quantitative estimate of drug-likeness (QED) is 0.850. The van der Waals surface area contributed by atoms with Crippen LogP contribution in [0.1, 0.15) is 35.7 Å². The zero-order chi connectivity index (χ0) is 13.8. The summed E-state index contributed by atoms with van der Waals surface area (Å²) < 4.78 is 0. The van der Waals surface area contributed by atoms with Gasteiger partial charge in [0.05, 0.1) is 5.56 Å². The van der Waals surface area contributed by atoms with E-state index in [0.717, 1.165) is 18.4 Å². The molecule has 0 aromatic carbocycles. The second-order valence-electron chi connectivity index (χ2n) is 5.52. The Hall–Kier alpha value is -1.75. The van der Waals surface area contributed by atoms with E-state index in [1.165, 1.54) is 0 Å². The van der Waals surface area contributed by atoms with Crippen LogP contribution in [0.4, 0.5) is 5.82 Å². The molecule has 106 valence electrons. The minimum atomic E-state index is -1.15. The molecule has 3 rings (SSSR count). The van der Waals surface area contributed by atoms with Crippen molar-refractivity contribution in [2.75, 3.05) is 0 Å². The Morgan fingerprint density at radius 2 is 2.10 bits per heavy atom. The Balaban J connectivity index is 0.00000147. The smallest absolute Gasteiger partial charge is 0.320 e. The first-order valence-corrected chi connectivity index (χ1v) is 6.26. The van der Waals surface area contributed by atoms with Gasteiger partial charge in [0.2, 0.25) is 0 Å². The maximum atomic E-state index is 12.5. The molecule has 0 amide bonds. The molecular weight excluding hydrogens is 280 g/mol. The van der Waals surface area contributed by atoms with E-state index in [9.17, 15) is 14.7 Å². The van der Waals surface area contributed by atoms with Gasteiger partial charge in [-0.3, -0.25) is 9.59 Å². The van der Waals surface area contributed by atoms with E-state index >= 15 is 0 Å². The standard InChI is InChI=1S/C14H14N2O3.ClH/c1-7-3-6-15-12-8(7)10(17)9(13(18)19)11(16-12)14(2)4-5-14;/h3,6,9H,4-5H2,1-2H3,(H,18,19);1H. The molecule has 1 fully saturated rings. The number of aliphatic carboxylic acids is 1. The van der Waals surface area contributed by atoms with E-state index in [0.29, 0.717) is 17.1 Å². The molecule has 0 radical (unpaired) electrons. The predicted molar refractivity (Wildman–Crippen MR) is 76.1 cm³/mol. The van der Waals surface area contributed by atoms with Crippen molar-refractivity contribution >= 4 is 35.7 Å². The van der Waals surface area contributed by atoms with Crippen LogP contribution in [-0.4, -0.2) is 27.6 Å². The van der Waals surface area contributed by atoms with Crippen molar-refractivity contribution in [1.82, 2.24) is 4.98 Å². The van der Waals surface area contributed by atoms with Gasteiger partial charge in [-0.05, 0) is 31.4 Å². The van der Waals surface area contributed by atoms with Gasteiger partial charge in [-0.2, -0.15) is 0 Å². The molecule has 1 aliphatic carbocycles. The molecular formula is C14H15ClN2O3. The average Bonchev–Trinajstić information content (AvgIpc) is 3.07. The number of pyridine rings is 1. The molecule has 2 aliphatic rings. The number of fused-ring (bicyclic) bond motifs is 1. The second kappa shape index (κ2) is 4.66. The number of aromatic nitrogens is 1. The van der Waals surface area contributed by atoms with Gasteiger partial charge in [-0.15, -0.1) is 12.4 Å². The maximum absolute atomic E-state index is 12.5. The lowest BCUT2D eigenvalue weighted by Gasteiger charge is -2.24. The third-order valence-corrected chi connectivity index (χ3v) is 4.01. The fourth-order valence-electron chi connectivity index (χ4n) is 2.54. The number of aryl methyl sites for hydroxylation is 1. The summed E-state index contributed by atoms with van der Waals surface area (Å²) in [7, 11) is 0. The summed E-state index contributed by atoms with van der Waals surface area (Å²) in [6, 6.07) is 1.70. The van der Waals surface area contributed by atoms with E-state index in [2.05, 4.69) is 9.98 Å². The Morgan fingerprint density at radius 1 is 1.45 bits per heavy atom. The highest BCUT2D eigenvalue weighted by atomic mass is 35.5. The zero-order valence-electron chi connectivity index (χ0n) is 11.2. The van der Waals surface area contributed by atoms with E-state index < -0.39 is 11.9 Å². The number of carboxylic acids is 1. The summed E-state index contributed by atoms with van der Waals surface area (Å²) in [6.45, 7) is 3.73. The van der Waals surface area contributed by atoms with Gasteiger partial charge in [-0.1, -0.05) is 6.92 Å². The van der Waals surface area contributed by atoms with Crippen LogP contribution in [0.3, 0.4) is 0 Å². The zero-order valence-corrected chi connectivity index (χ0v) is 12.0. The van der Waals surface area contributed by atoms with Gasteiger partial charge in [0.25, 0.3) is 0 Å². The number of nitrogens with zero attached hydrogens (tertiary/aromatic N) is 2. The molecule has 1 aromatic rings. The first kappa shape index (κ1) is 14.7. The third-order valence-electron chi connectivity index (χ3n) is 4.01. The Kier molecular flexibility index (Phi) is 3.42. The number of aliphatic imine (C=N–C) groups is 1. The van der Waals surface area contributed by atoms with Crippen molar-refractivity contribution in [3.63, 3.8) is 0 Å². The number of carbonyl (C=O) groups excluding carboxylic acids is 1. The highest BCUT2D eigenvalue weighted by Crippen LogP contribution is 2.50. The first-order chi connectivity index (χ1) is 8.94. The normalized spacial score (nSPS) is 22.4. The number of hydrogen-bond acceptors (Lipinski definition) is 4. The van der Waals surface area contributed by atoms with Crippen LogP contribution in [-0.2, 0) is 4.79 Å². The average molecular weight is 295 g/mol. The van der Waals surface area contributed by atoms with Crippen molar-refractivity contribution in [1.29, 1.82) is 0 Å². The van der Waals surface area contributed by atoms with Crippen LogP contribution >= 0.6 is 12.4 Å². The molecule has 0 saturated heterocycles. The summed E-state index contributed by atoms with van der Waals surface area (Å²) >= 11 is 0. The number of Topliss-reactive ketones (excluding diaryl/α,β-unsaturated/α-hetero) is 1. The summed E-state index contributed by atoms with van der Waals surface area (Å²) in [5, 5.41) is 9.36. The van der Waals surface area contributed by atoms with Crippen LogP contribution in [0.25, 0.3) is 0 Å². The Morgan fingerprint density at radius 3 is 2.65 bits per heavy atom. The van der Waals surface area contributed by atoms with Crippen molar-refractivity contribution < 1.29 is 14.7 Å². The molecule has 0 spiro atoms. The number of hydrogen-bond donors (Lipinski definition) is 1. The highest BCUT2D eigenvalue weighted by Gasteiger charge is 2.52. The van der Waals surface area contributed by atoms with Crippen molar-refractivity contribution in [3.8, 4) is 0 Å². The maximum Gasteiger partial charge on any atom is 0.320 e. The largest absolute Gasteiger partial charge is 0.480 e. The lowest BCUT2D eigenvalue weighted by molar-refractivity contribution is -0.138. The fraction of sp³-hybridized carbons (Fsp3) is 0.429. The van der Waals surface area contributed by atoms with Crippen molar-refractivity contribution in [2.24, 2.45) is 16.3 Å². The molecule has 6 heteroatoms. The molecule has 1 unspecified atom stereocenters. The van der Waals surface area contributed by atoms with Crippen molar-refractivity contribution in [3.05, 3.63) is 23.4 Å². The van der Waals surface area contributed by atoms with Crippen molar-refractivity contribution in [2.45, 2.75) is 26.7 Å².